The molecule has 0 saturated carbocycles. The number of para-hydroxylation sites is 1. The Hall–Kier alpha value is -2.61. The molecule has 0 spiro atoms. The Balaban J connectivity index is 1.90. The van der Waals surface area contributed by atoms with Crippen molar-refractivity contribution in [3.8, 4) is 0 Å². The summed E-state index contributed by atoms with van der Waals surface area (Å²) in [6.45, 7) is 2.08. The van der Waals surface area contributed by atoms with Crippen molar-refractivity contribution in [2.45, 2.75) is 13.3 Å². The van der Waals surface area contributed by atoms with Crippen molar-refractivity contribution in [2.24, 2.45) is 0 Å². The maximum absolute atomic E-state index is 12.4. The first kappa shape index (κ1) is 13.4. The zero-order valence-corrected chi connectivity index (χ0v) is 12.0. The normalized spacial score (nSPS) is 10.5. The van der Waals surface area contributed by atoms with E-state index in [1.807, 2.05) is 66.7 Å². The summed E-state index contributed by atoms with van der Waals surface area (Å²) in [5.74, 6) is -0.0679. The molecule has 3 aromatic rings. The monoisotopic (exact) mass is 275 g/mol. The summed E-state index contributed by atoms with van der Waals surface area (Å²) in [4.78, 5) is 12.4. The van der Waals surface area contributed by atoms with Gasteiger partial charge in [0.05, 0.1) is 0 Å². The first-order valence-electron chi connectivity index (χ1n) is 7.16. The SMILES string of the molecule is CCc1ccccc1NC(=O)c1ccc2ccccc2c1. The molecule has 21 heavy (non-hydrogen) atoms. The van der Waals surface area contributed by atoms with Gasteiger partial charge in [0.1, 0.15) is 0 Å². The van der Waals surface area contributed by atoms with Crippen LogP contribution in [-0.2, 0) is 6.42 Å². The highest BCUT2D eigenvalue weighted by Gasteiger charge is 2.08. The number of rotatable bonds is 3. The van der Waals surface area contributed by atoms with Gasteiger partial charge in [-0.3, -0.25) is 4.79 Å². The van der Waals surface area contributed by atoms with E-state index in [1.54, 1.807) is 0 Å². The molecule has 0 aliphatic rings. The number of nitrogens with one attached hydrogen (secondary N) is 1. The van der Waals surface area contributed by atoms with E-state index in [0.717, 1.165) is 28.4 Å². The van der Waals surface area contributed by atoms with Crippen LogP contribution >= 0.6 is 0 Å². The molecule has 0 heterocycles. The van der Waals surface area contributed by atoms with E-state index in [4.69, 9.17) is 0 Å². The van der Waals surface area contributed by atoms with Gasteiger partial charge in [-0.15, -0.1) is 0 Å². The van der Waals surface area contributed by atoms with Crippen molar-refractivity contribution >= 4 is 22.4 Å². The quantitative estimate of drug-likeness (QED) is 0.740. The predicted molar refractivity (Wildman–Crippen MR) is 87.7 cm³/mol. The molecule has 0 bridgehead atoms. The molecule has 0 aliphatic heterocycles. The number of benzene rings is 3. The van der Waals surface area contributed by atoms with Crippen LogP contribution in [-0.4, -0.2) is 5.91 Å². The van der Waals surface area contributed by atoms with Crippen molar-refractivity contribution in [1.29, 1.82) is 0 Å². The van der Waals surface area contributed by atoms with E-state index >= 15 is 0 Å². The van der Waals surface area contributed by atoms with E-state index in [-0.39, 0.29) is 5.91 Å². The molecule has 0 saturated heterocycles. The van der Waals surface area contributed by atoms with Crippen molar-refractivity contribution in [2.75, 3.05) is 5.32 Å². The Kier molecular flexibility index (Phi) is 3.69. The van der Waals surface area contributed by atoms with Crippen LogP contribution in [0.4, 0.5) is 5.69 Å². The molecule has 3 aromatic carbocycles. The molecule has 104 valence electrons. The smallest absolute Gasteiger partial charge is 0.255 e. The Labute approximate surface area is 124 Å². The second-order valence-electron chi connectivity index (χ2n) is 5.03. The first-order valence-corrected chi connectivity index (χ1v) is 7.16. The largest absolute Gasteiger partial charge is 0.322 e. The zero-order chi connectivity index (χ0) is 14.7. The Bertz CT molecular complexity index is 792. The molecule has 1 N–H and O–H groups in total. The standard InChI is InChI=1S/C19H17NO/c1-2-14-7-5-6-10-18(14)20-19(21)17-12-11-15-8-3-4-9-16(15)13-17/h3-13H,2H2,1H3,(H,20,21). The van der Waals surface area contributed by atoms with Gasteiger partial charge in [-0.2, -0.15) is 0 Å². The summed E-state index contributed by atoms with van der Waals surface area (Å²) in [5, 5.41) is 5.22. The number of aryl methyl sites for hydroxylation is 1. The minimum atomic E-state index is -0.0679. The fourth-order valence-corrected chi connectivity index (χ4v) is 2.48. The highest BCUT2D eigenvalue weighted by molar-refractivity contribution is 6.06. The van der Waals surface area contributed by atoms with E-state index in [9.17, 15) is 4.79 Å². The molecule has 0 aromatic heterocycles. The second kappa shape index (κ2) is 5.80. The molecular formula is C19H17NO. The fraction of sp³-hybridized carbons (Fsp3) is 0.105. The lowest BCUT2D eigenvalue weighted by Crippen LogP contribution is -2.13. The van der Waals surface area contributed by atoms with Crippen molar-refractivity contribution in [1.82, 2.24) is 0 Å². The molecule has 0 atom stereocenters. The summed E-state index contributed by atoms with van der Waals surface area (Å²) in [6.07, 6.45) is 0.897. The second-order valence-corrected chi connectivity index (χ2v) is 5.03. The highest BCUT2D eigenvalue weighted by Crippen LogP contribution is 2.19. The molecule has 2 heteroatoms. The van der Waals surface area contributed by atoms with Gasteiger partial charge in [0.15, 0.2) is 0 Å². The van der Waals surface area contributed by atoms with Gasteiger partial charge in [-0.25, -0.2) is 0 Å². The number of anilines is 1. The van der Waals surface area contributed by atoms with Crippen LogP contribution in [0.15, 0.2) is 66.7 Å². The van der Waals surface area contributed by atoms with Gasteiger partial charge < -0.3 is 5.32 Å². The summed E-state index contributed by atoms with van der Waals surface area (Å²) >= 11 is 0. The Morgan fingerprint density at radius 3 is 2.43 bits per heavy atom. The van der Waals surface area contributed by atoms with Crippen LogP contribution < -0.4 is 5.32 Å². The third-order valence-electron chi connectivity index (χ3n) is 3.66. The lowest BCUT2D eigenvalue weighted by molar-refractivity contribution is 0.102. The molecule has 0 unspecified atom stereocenters. The van der Waals surface area contributed by atoms with Crippen molar-refractivity contribution in [3.05, 3.63) is 77.9 Å². The van der Waals surface area contributed by atoms with Crippen molar-refractivity contribution in [3.63, 3.8) is 0 Å². The maximum Gasteiger partial charge on any atom is 0.255 e. The number of fused-ring (bicyclic) bond motifs is 1. The molecule has 1 amide bonds. The van der Waals surface area contributed by atoms with E-state index in [1.165, 1.54) is 0 Å². The molecule has 0 aliphatic carbocycles. The minimum absolute atomic E-state index is 0.0679. The lowest BCUT2D eigenvalue weighted by Gasteiger charge is -2.10. The summed E-state index contributed by atoms with van der Waals surface area (Å²) < 4.78 is 0. The summed E-state index contributed by atoms with van der Waals surface area (Å²) in [6, 6.07) is 21.7. The van der Waals surface area contributed by atoms with Crippen LogP contribution in [0.25, 0.3) is 10.8 Å². The van der Waals surface area contributed by atoms with Crippen LogP contribution in [0.5, 0.6) is 0 Å². The summed E-state index contributed by atoms with van der Waals surface area (Å²) in [7, 11) is 0. The molecule has 2 nitrogen and oxygen atoms in total. The first-order chi connectivity index (χ1) is 10.3. The van der Waals surface area contributed by atoms with Crippen molar-refractivity contribution < 1.29 is 4.79 Å². The Morgan fingerprint density at radius 1 is 0.905 bits per heavy atom. The molecular weight excluding hydrogens is 258 g/mol. The van der Waals surface area contributed by atoms with Gasteiger partial charge in [0, 0.05) is 11.3 Å². The van der Waals surface area contributed by atoms with Gasteiger partial charge in [-0.1, -0.05) is 55.5 Å². The van der Waals surface area contributed by atoms with E-state index in [0.29, 0.717) is 5.56 Å². The van der Waals surface area contributed by atoms with Crippen LogP contribution in [0, 0.1) is 0 Å². The lowest BCUT2D eigenvalue weighted by atomic mass is 10.1. The fourth-order valence-electron chi connectivity index (χ4n) is 2.48. The molecule has 3 rings (SSSR count). The maximum atomic E-state index is 12.4. The molecule has 0 fully saturated rings. The topological polar surface area (TPSA) is 29.1 Å². The van der Waals surface area contributed by atoms with Crippen LogP contribution in [0.3, 0.4) is 0 Å². The number of amides is 1. The Morgan fingerprint density at radius 2 is 1.62 bits per heavy atom. The van der Waals surface area contributed by atoms with Gasteiger partial charge in [0.2, 0.25) is 0 Å². The van der Waals surface area contributed by atoms with Gasteiger partial charge >= 0.3 is 0 Å². The molecule has 0 radical (unpaired) electrons. The number of carbonyl (C=O) groups excluding carboxylic acids is 1. The van der Waals surface area contributed by atoms with Crippen LogP contribution in [0.1, 0.15) is 22.8 Å². The van der Waals surface area contributed by atoms with Gasteiger partial charge in [0.25, 0.3) is 5.91 Å². The third-order valence-corrected chi connectivity index (χ3v) is 3.66. The number of hydrogen-bond donors (Lipinski definition) is 1. The van der Waals surface area contributed by atoms with E-state index < -0.39 is 0 Å². The summed E-state index contributed by atoms with van der Waals surface area (Å²) in [5.41, 5.74) is 2.71. The van der Waals surface area contributed by atoms with Gasteiger partial charge in [-0.05, 0) is 41.0 Å². The third kappa shape index (κ3) is 2.79. The average molecular weight is 275 g/mol. The zero-order valence-electron chi connectivity index (χ0n) is 12.0. The number of hydrogen-bond acceptors (Lipinski definition) is 1. The van der Waals surface area contributed by atoms with Crippen LogP contribution in [0.2, 0.25) is 0 Å². The van der Waals surface area contributed by atoms with E-state index in [2.05, 4.69) is 12.2 Å². The average Bonchev–Trinajstić information content (AvgIpc) is 2.55. The highest BCUT2D eigenvalue weighted by atomic mass is 16.1. The predicted octanol–water partition coefficient (Wildman–Crippen LogP) is 4.65. The number of carbonyl (C=O) groups is 1. The minimum Gasteiger partial charge on any atom is -0.322 e.